The van der Waals surface area contributed by atoms with Crippen molar-refractivity contribution in [1.29, 1.82) is 5.26 Å². The molecule has 1 saturated carbocycles. The lowest BCUT2D eigenvalue weighted by atomic mass is 10.1. The Hall–Kier alpha value is -1.05. The van der Waals surface area contributed by atoms with Crippen LogP contribution in [-0.2, 0) is 4.79 Å². The summed E-state index contributed by atoms with van der Waals surface area (Å²) in [7, 11) is 0. The molecule has 0 aromatic carbocycles. The van der Waals surface area contributed by atoms with Crippen LogP contribution in [0.5, 0.6) is 0 Å². The van der Waals surface area contributed by atoms with Crippen molar-refractivity contribution >= 4 is 5.78 Å². The van der Waals surface area contributed by atoms with Crippen molar-refractivity contribution in [2.75, 3.05) is 0 Å². The van der Waals surface area contributed by atoms with Crippen molar-refractivity contribution < 1.29 is 18.0 Å². The smallest absolute Gasteiger partial charge is 0.295 e. The van der Waals surface area contributed by atoms with Crippen molar-refractivity contribution in [3.8, 4) is 6.07 Å². The molecule has 0 aromatic heterocycles. The van der Waals surface area contributed by atoms with Gasteiger partial charge in [-0.3, -0.25) is 4.79 Å². The van der Waals surface area contributed by atoms with E-state index in [1.807, 2.05) is 0 Å². The fourth-order valence-electron chi connectivity index (χ4n) is 1.16. The molecular weight excluding hydrogens is 171 g/mol. The summed E-state index contributed by atoms with van der Waals surface area (Å²) in [5.41, 5.74) is -3.08. The highest BCUT2D eigenvalue weighted by Gasteiger charge is 2.84. The van der Waals surface area contributed by atoms with Crippen LogP contribution in [0.1, 0.15) is 13.3 Å². The van der Waals surface area contributed by atoms with E-state index in [1.54, 1.807) is 0 Å². The number of carbonyl (C=O) groups excluding carboxylic acids is 1. The molecule has 2 atom stereocenters. The Morgan fingerprint density at radius 2 is 2.00 bits per heavy atom. The van der Waals surface area contributed by atoms with E-state index >= 15 is 0 Å². The molecule has 66 valence electrons. The monoisotopic (exact) mass is 177 g/mol. The van der Waals surface area contributed by atoms with Crippen molar-refractivity contribution in [2.45, 2.75) is 24.9 Å². The summed E-state index contributed by atoms with van der Waals surface area (Å²) in [6.45, 7) is 0.954. The Kier molecular flexibility index (Phi) is 1.67. The zero-order valence-corrected chi connectivity index (χ0v) is 6.27. The predicted octanol–water partition coefficient (Wildman–Crippen LogP) is 1.46. The lowest BCUT2D eigenvalue weighted by Crippen LogP contribution is -2.24. The van der Waals surface area contributed by atoms with Gasteiger partial charge < -0.3 is 0 Å². The van der Waals surface area contributed by atoms with Crippen LogP contribution in [0.25, 0.3) is 0 Å². The Balaban J connectivity index is 2.80. The van der Waals surface area contributed by atoms with Gasteiger partial charge in [0, 0.05) is 0 Å². The lowest BCUT2D eigenvalue weighted by Gasteiger charge is -2.00. The SMILES string of the molecule is CC1C(F)(F)C1(F)C(=O)CC#N. The Labute approximate surface area is 67.0 Å². The summed E-state index contributed by atoms with van der Waals surface area (Å²) < 4.78 is 37.9. The molecule has 12 heavy (non-hydrogen) atoms. The number of carbonyl (C=O) groups is 1. The van der Waals surface area contributed by atoms with Crippen LogP contribution in [-0.4, -0.2) is 17.4 Å². The molecule has 2 unspecified atom stereocenters. The van der Waals surface area contributed by atoms with Crippen LogP contribution in [0.2, 0.25) is 0 Å². The van der Waals surface area contributed by atoms with Gasteiger partial charge in [0.25, 0.3) is 5.92 Å². The third kappa shape index (κ3) is 0.779. The number of rotatable bonds is 2. The number of nitriles is 1. The van der Waals surface area contributed by atoms with Crippen LogP contribution in [0, 0.1) is 17.2 Å². The van der Waals surface area contributed by atoms with Crippen LogP contribution < -0.4 is 0 Å². The first-order valence-corrected chi connectivity index (χ1v) is 3.36. The maximum atomic E-state index is 13.0. The second kappa shape index (κ2) is 2.22. The number of hydrogen-bond acceptors (Lipinski definition) is 2. The summed E-state index contributed by atoms with van der Waals surface area (Å²) in [5, 5.41) is 8.00. The molecule has 0 saturated heterocycles. The Bertz CT molecular complexity index is 270. The first kappa shape index (κ1) is 9.04. The predicted molar refractivity (Wildman–Crippen MR) is 33.2 cm³/mol. The zero-order chi connectivity index (χ0) is 9.57. The van der Waals surface area contributed by atoms with Gasteiger partial charge in [-0.2, -0.15) is 5.26 Å². The second-order valence-electron chi connectivity index (χ2n) is 2.81. The van der Waals surface area contributed by atoms with Crippen LogP contribution in [0.15, 0.2) is 0 Å². The number of alkyl halides is 3. The third-order valence-corrected chi connectivity index (χ3v) is 2.19. The standard InChI is InChI=1S/C7H6F3NO/c1-4-6(8,7(4,9)10)5(12)2-3-11/h4H,2H2,1H3. The normalized spacial score (nSPS) is 37.1. The molecule has 0 amide bonds. The summed E-state index contributed by atoms with van der Waals surface area (Å²) in [4.78, 5) is 10.7. The van der Waals surface area contributed by atoms with Crippen molar-refractivity contribution in [1.82, 2.24) is 0 Å². The van der Waals surface area contributed by atoms with E-state index in [0.29, 0.717) is 0 Å². The van der Waals surface area contributed by atoms with Crippen molar-refractivity contribution in [3.05, 3.63) is 0 Å². The molecule has 0 bridgehead atoms. The highest BCUT2D eigenvalue weighted by molar-refractivity contribution is 5.94. The lowest BCUT2D eigenvalue weighted by molar-refractivity contribution is -0.128. The average molecular weight is 177 g/mol. The molecule has 1 aliphatic carbocycles. The van der Waals surface area contributed by atoms with E-state index in [0.717, 1.165) is 6.92 Å². The molecule has 1 aliphatic rings. The van der Waals surface area contributed by atoms with Gasteiger partial charge >= 0.3 is 0 Å². The van der Waals surface area contributed by atoms with Gasteiger partial charge in [0.2, 0.25) is 5.67 Å². The van der Waals surface area contributed by atoms with Crippen molar-refractivity contribution in [2.24, 2.45) is 5.92 Å². The largest absolute Gasteiger partial charge is 0.295 e. The van der Waals surface area contributed by atoms with Gasteiger partial charge in [0.1, 0.15) is 0 Å². The highest BCUT2D eigenvalue weighted by atomic mass is 19.3. The molecule has 2 nitrogen and oxygen atoms in total. The zero-order valence-electron chi connectivity index (χ0n) is 6.27. The fourth-order valence-corrected chi connectivity index (χ4v) is 1.16. The maximum absolute atomic E-state index is 13.0. The molecule has 1 rings (SSSR count). The summed E-state index contributed by atoms with van der Waals surface area (Å²) in [6.07, 6.45) is -0.795. The number of Topliss-reactive ketones (excluding diaryl/α,β-unsaturated/α-hetero) is 1. The van der Waals surface area contributed by atoms with E-state index < -0.39 is 29.7 Å². The van der Waals surface area contributed by atoms with E-state index in [2.05, 4.69) is 0 Å². The molecule has 5 heteroatoms. The Morgan fingerprint density at radius 1 is 1.58 bits per heavy atom. The molecule has 0 aliphatic heterocycles. The number of hydrogen-bond donors (Lipinski definition) is 0. The first-order chi connectivity index (χ1) is 5.39. The van der Waals surface area contributed by atoms with E-state index in [1.165, 1.54) is 6.07 Å². The van der Waals surface area contributed by atoms with Gasteiger partial charge in [0.15, 0.2) is 5.78 Å². The van der Waals surface area contributed by atoms with Crippen molar-refractivity contribution in [3.63, 3.8) is 0 Å². The fraction of sp³-hybridized carbons (Fsp3) is 0.714. The molecule has 0 spiro atoms. The summed E-state index contributed by atoms with van der Waals surface area (Å²) >= 11 is 0. The minimum absolute atomic E-state index is 0.795. The quantitative estimate of drug-likeness (QED) is 0.640. The molecular formula is C7H6F3NO. The average Bonchev–Trinajstić information content (AvgIpc) is 2.37. The van der Waals surface area contributed by atoms with Gasteiger partial charge in [-0.25, -0.2) is 13.2 Å². The first-order valence-electron chi connectivity index (χ1n) is 3.36. The van der Waals surface area contributed by atoms with Crippen LogP contribution in [0.4, 0.5) is 13.2 Å². The molecule has 0 radical (unpaired) electrons. The molecule has 1 fully saturated rings. The minimum Gasteiger partial charge on any atom is -0.295 e. The second-order valence-corrected chi connectivity index (χ2v) is 2.81. The van der Waals surface area contributed by atoms with E-state index in [-0.39, 0.29) is 0 Å². The minimum atomic E-state index is -3.58. The Morgan fingerprint density at radius 3 is 2.25 bits per heavy atom. The molecule has 0 heterocycles. The number of nitrogens with zero attached hydrogens (tertiary/aromatic N) is 1. The van der Waals surface area contributed by atoms with Gasteiger partial charge in [-0.1, -0.05) is 6.92 Å². The third-order valence-electron chi connectivity index (χ3n) is 2.19. The van der Waals surface area contributed by atoms with E-state index in [9.17, 15) is 18.0 Å². The van der Waals surface area contributed by atoms with Crippen LogP contribution in [0.3, 0.4) is 0 Å². The number of ketones is 1. The summed E-state index contributed by atoms with van der Waals surface area (Å²) in [5.74, 6) is -6.49. The van der Waals surface area contributed by atoms with E-state index in [4.69, 9.17) is 5.26 Å². The topological polar surface area (TPSA) is 40.9 Å². The molecule has 0 aromatic rings. The van der Waals surface area contributed by atoms with Gasteiger partial charge in [-0.15, -0.1) is 0 Å². The van der Waals surface area contributed by atoms with Gasteiger partial charge in [0.05, 0.1) is 18.4 Å². The molecule has 0 N–H and O–H groups in total. The summed E-state index contributed by atoms with van der Waals surface area (Å²) in [6, 6.07) is 1.35. The van der Waals surface area contributed by atoms with Crippen LogP contribution >= 0.6 is 0 Å². The maximum Gasteiger partial charge on any atom is 0.295 e. The van der Waals surface area contributed by atoms with Gasteiger partial charge in [-0.05, 0) is 0 Å². The highest BCUT2D eigenvalue weighted by Crippen LogP contribution is 2.62. The number of halogens is 3.